The third-order valence-electron chi connectivity index (χ3n) is 5.91. The molecule has 42 heavy (non-hydrogen) atoms. The van der Waals surface area contributed by atoms with E-state index in [2.05, 4.69) is 15.8 Å². The minimum absolute atomic E-state index is 0.292. The Kier molecular flexibility index (Phi) is 9.08. The highest BCUT2D eigenvalue weighted by atomic mass is 35.5. The monoisotopic (exact) mass is 613 g/mol. The molecule has 0 spiro atoms. The van der Waals surface area contributed by atoms with E-state index in [1.165, 1.54) is 23.6 Å². The van der Waals surface area contributed by atoms with Gasteiger partial charge in [0.25, 0.3) is 11.8 Å². The molecule has 0 fully saturated rings. The fourth-order valence-electron chi connectivity index (χ4n) is 3.85. The van der Waals surface area contributed by atoms with Gasteiger partial charge in [0.05, 0.1) is 11.2 Å². The van der Waals surface area contributed by atoms with Crippen LogP contribution in [0.2, 0.25) is 10.0 Å². The first kappa shape index (κ1) is 28.8. The average Bonchev–Trinajstić information content (AvgIpc) is 3.33. The number of hydrogen-bond donors (Lipinski definition) is 2. The SMILES string of the molecule is O=C(/C=C/c1ccccc1)Oc1ccccc1/C=N\NC(=O)c1ccc(NC(=O)c2sc3cc(Cl)ccc3c2Cl)cc1. The summed E-state index contributed by atoms with van der Waals surface area (Å²) in [5.74, 6) is -1.09. The Labute approximate surface area is 255 Å². The van der Waals surface area contributed by atoms with E-state index >= 15 is 0 Å². The molecule has 7 nitrogen and oxygen atoms in total. The topological polar surface area (TPSA) is 96.9 Å². The van der Waals surface area contributed by atoms with Crippen LogP contribution < -0.4 is 15.5 Å². The van der Waals surface area contributed by atoms with Crippen molar-refractivity contribution in [2.45, 2.75) is 0 Å². The molecule has 1 aromatic heterocycles. The Hall–Kier alpha value is -4.76. The number of carbonyl (C=O) groups excluding carboxylic acids is 3. The Morgan fingerprint density at radius 2 is 1.57 bits per heavy atom. The van der Waals surface area contributed by atoms with E-state index in [-0.39, 0.29) is 5.91 Å². The lowest BCUT2D eigenvalue weighted by atomic mass is 10.2. The standard InChI is InChI=1S/C32H21Cl2N3O4S/c33-23-13-16-25-27(18-23)42-30(29(25)34)32(40)36-24-14-11-21(12-15-24)31(39)37-35-19-22-8-4-5-9-26(22)41-28(38)17-10-20-6-2-1-3-7-20/h1-19H,(H,36,40)(H,37,39)/b17-10+,35-19-. The van der Waals surface area contributed by atoms with Gasteiger partial charge in [0.2, 0.25) is 0 Å². The summed E-state index contributed by atoms with van der Waals surface area (Å²) in [6, 6.07) is 27.8. The zero-order valence-electron chi connectivity index (χ0n) is 21.7. The number of para-hydroxylation sites is 1. The Morgan fingerprint density at radius 3 is 2.36 bits per heavy atom. The van der Waals surface area contributed by atoms with Crippen LogP contribution in [-0.2, 0) is 4.79 Å². The number of amides is 2. The van der Waals surface area contributed by atoms with Crippen molar-refractivity contribution in [3.05, 3.63) is 135 Å². The third-order valence-corrected chi connectivity index (χ3v) is 7.80. The molecule has 0 atom stereocenters. The van der Waals surface area contributed by atoms with Gasteiger partial charge in [-0.25, -0.2) is 10.2 Å². The molecule has 5 rings (SSSR count). The van der Waals surface area contributed by atoms with Crippen LogP contribution in [0.1, 0.15) is 31.2 Å². The highest BCUT2D eigenvalue weighted by Crippen LogP contribution is 2.37. The highest BCUT2D eigenvalue weighted by Gasteiger charge is 2.18. The number of benzene rings is 4. The maximum absolute atomic E-state index is 12.8. The lowest BCUT2D eigenvalue weighted by Crippen LogP contribution is -2.18. The number of ether oxygens (including phenoxy) is 1. The minimum Gasteiger partial charge on any atom is -0.423 e. The van der Waals surface area contributed by atoms with E-state index in [1.54, 1.807) is 72.8 Å². The normalized spacial score (nSPS) is 11.2. The molecular weight excluding hydrogens is 593 g/mol. The smallest absolute Gasteiger partial charge is 0.336 e. The van der Waals surface area contributed by atoms with Crippen LogP contribution in [0.4, 0.5) is 5.69 Å². The fraction of sp³-hybridized carbons (Fsp3) is 0. The highest BCUT2D eigenvalue weighted by molar-refractivity contribution is 7.21. The fourth-order valence-corrected chi connectivity index (χ4v) is 5.54. The van der Waals surface area contributed by atoms with Crippen LogP contribution >= 0.6 is 34.5 Å². The molecule has 5 aromatic rings. The summed E-state index contributed by atoms with van der Waals surface area (Å²) in [4.78, 5) is 38.1. The van der Waals surface area contributed by atoms with Gasteiger partial charge in [0.1, 0.15) is 10.6 Å². The Balaban J connectivity index is 1.18. The molecule has 0 saturated carbocycles. The summed E-state index contributed by atoms with van der Waals surface area (Å²) in [5, 5.41) is 8.47. The van der Waals surface area contributed by atoms with E-state index in [4.69, 9.17) is 27.9 Å². The Bertz CT molecular complexity index is 1830. The quantitative estimate of drug-likeness (QED) is 0.0612. The number of halogens is 2. The zero-order valence-corrected chi connectivity index (χ0v) is 24.0. The van der Waals surface area contributed by atoms with Gasteiger partial charge in [-0.15, -0.1) is 11.3 Å². The van der Waals surface area contributed by atoms with Crippen LogP contribution in [0, 0.1) is 0 Å². The molecule has 0 aliphatic carbocycles. The molecular formula is C32H21Cl2N3O4S. The number of anilines is 1. The Morgan fingerprint density at radius 1 is 0.833 bits per heavy atom. The van der Waals surface area contributed by atoms with Crippen molar-refractivity contribution in [3.8, 4) is 5.75 Å². The van der Waals surface area contributed by atoms with E-state index in [0.29, 0.717) is 37.5 Å². The van der Waals surface area contributed by atoms with Gasteiger partial charge in [-0.1, -0.05) is 71.7 Å². The second kappa shape index (κ2) is 13.3. The van der Waals surface area contributed by atoms with Crippen LogP contribution in [0.3, 0.4) is 0 Å². The van der Waals surface area contributed by atoms with Crippen molar-refractivity contribution in [1.82, 2.24) is 5.43 Å². The first-order valence-corrected chi connectivity index (χ1v) is 14.1. The molecule has 2 N–H and O–H groups in total. The molecule has 208 valence electrons. The predicted octanol–water partition coefficient (Wildman–Crippen LogP) is 7.84. The first-order valence-electron chi connectivity index (χ1n) is 12.5. The number of nitrogens with zero attached hydrogens (tertiary/aromatic N) is 1. The maximum atomic E-state index is 12.8. The molecule has 0 radical (unpaired) electrons. The molecule has 0 unspecified atom stereocenters. The minimum atomic E-state index is -0.546. The maximum Gasteiger partial charge on any atom is 0.336 e. The van der Waals surface area contributed by atoms with Gasteiger partial charge in [-0.05, 0) is 60.2 Å². The second-order valence-corrected chi connectivity index (χ2v) is 10.7. The van der Waals surface area contributed by atoms with Crippen molar-refractivity contribution in [1.29, 1.82) is 0 Å². The molecule has 2 amide bonds. The largest absolute Gasteiger partial charge is 0.423 e. The lowest BCUT2D eigenvalue weighted by Gasteiger charge is -2.06. The van der Waals surface area contributed by atoms with Crippen LogP contribution in [-0.4, -0.2) is 24.0 Å². The van der Waals surface area contributed by atoms with E-state index in [9.17, 15) is 14.4 Å². The first-order chi connectivity index (χ1) is 20.4. The van der Waals surface area contributed by atoms with E-state index in [1.807, 2.05) is 30.3 Å². The number of rotatable bonds is 8. The van der Waals surface area contributed by atoms with Gasteiger partial charge in [0.15, 0.2) is 0 Å². The van der Waals surface area contributed by atoms with Gasteiger partial charge in [0, 0.05) is 38.0 Å². The van der Waals surface area contributed by atoms with Crippen molar-refractivity contribution < 1.29 is 19.1 Å². The van der Waals surface area contributed by atoms with E-state index < -0.39 is 11.9 Å². The summed E-state index contributed by atoms with van der Waals surface area (Å²) in [5.41, 5.74) is 4.63. The van der Waals surface area contributed by atoms with Crippen LogP contribution in [0.5, 0.6) is 5.75 Å². The van der Waals surface area contributed by atoms with Gasteiger partial charge < -0.3 is 10.1 Å². The average molecular weight is 615 g/mol. The molecule has 1 heterocycles. The van der Waals surface area contributed by atoms with Crippen molar-refractivity contribution in [2.24, 2.45) is 5.10 Å². The van der Waals surface area contributed by atoms with Gasteiger partial charge in [-0.3, -0.25) is 9.59 Å². The molecule has 4 aromatic carbocycles. The zero-order chi connectivity index (χ0) is 29.5. The van der Waals surface area contributed by atoms with Gasteiger partial charge in [-0.2, -0.15) is 5.10 Å². The molecule has 0 bridgehead atoms. The summed E-state index contributed by atoms with van der Waals surface area (Å²) in [6.07, 6.45) is 4.38. The van der Waals surface area contributed by atoms with Crippen LogP contribution in [0.15, 0.2) is 108 Å². The predicted molar refractivity (Wildman–Crippen MR) is 169 cm³/mol. The third kappa shape index (κ3) is 7.11. The van der Waals surface area contributed by atoms with Crippen molar-refractivity contribution in [2.75, 3.05) is 5.32 Å². The summed E-state index contributed by atoms with van der Waals surface area (Å²) >= 11 is 13.7. The lowest BCUT2D eigenvalue weighted by molar-refractivity contribution is -0.128. The summed E-state index contributed by atoms with van der Waals surface area (Å²) in [7, 11) is 0. The number of hydrazone groups is 1. The van der Waals surface area contributed by atoms with E-state index in [0.717, 1.165) is 15.6 Å². The molecule has 10 heteroatoms. The van der Waals surface area contributed by atoms with Crippen molar-refractivity contribution in [3.63, 3.8) is 0 Å². The number of fused-ring (bicyclic) bond motifs is 1. The summed E-state index contributed by atoms with van der Waals surface area (Å²) in [6.45, 7) is 0. The number of hydrogen-bond acceptors (Lipinski definition) is 6. The number of nitrogens with one attached hydrogen (secondary N) is 2. The van der Waals surface area contributed by atoms with Gasteiger partial charge >= 0.3 is 5.97 Å². The molecule has 0 saturated heterocycles. The second-order valence-electron chi connectivity index (χ2n) is 8.82. The molecule has 0 aliphatic rings. The number of thiophene rings is 1. The summed E-state index contributed by atoms with van der Waals surface area (Å²) < 4.78 is 6.25. The number of carbonyl (C=O) groups is 3. The number of esters is 1. The van der Waals surface area contributed by atoms with Crippen molar-refractivity contribution >= 4 is 80.4 Å². The van der Waals surface area contributed by atoms with Crippen LogP contribution in [0.25, 0.3) is 16.2 Å². The molecule has 0 aliphatic heterocycles.